The van der Waals surface area contributed by atoms with Gasteiger partial charge in [0, 0.05) is 0 Å². The molecule has 9 aromatic carbocycles. The van der Waals surface area contributed by atoms with E-state index in [1.54, 1.807) is 0 Å². The Morgan fingerprint density at radius 2 is 0.762 bits per heavy atom. The molecule has 0 nitrogen and oxygen atoms in total. The first-order chi connectivity index (χ1) is 31.7. The second kappa shape index (κ2) is 9.03. The highest BCUT2D eigenvalue weighted by Crippen LogP contribution is 2.40. The van der Waals surface area contributed by atoms with Crippen LogP contribution in [0.5, 0.6) is 0 Å². The molecule has 0 saturated carbocycles. The van der Waals surface area contributed by atoms with Crippen molar-refractivity contribution in [1.82, 2.24) is 0 Å². The predicted octanol–water partition coefficient (Wildman–Crippen LogP) is 11.9. The van der Waals surface area contributed by atoms with Crippen LogP contribution in [-0.2, 0) is 0 Å². The Hall–Kier alpha value is -5.46. The highest BCUT2D eigenvalue weighted by atomic mass is 14.2. The molecule has 0 heterocycles. The number of hydrogen-bond acceptors (Lipinski definition) is 0. The lowest BCUT2D eigenvalue weighted by Crippen LogP contribution is -1.88. The van der Waals surface area contributed by atoms with Crippen LogP contribution in [0, 0.1) is 0 Å². The first-order valence-corrected chi connectivity index (χ1v) is 12.5. The summed E-state index contributed by atoms with van der Waals surface area (Å²) in [5, 5.41) is -6.43. The molecule has 0 fully saturated rings. The SMILES string of the molecule is [2H]c1c([2H])c(-c2c3c([2H])c([2H])c([2H])c([2H])c3c([2H])c3c2c([2H])c([2H])c2c([2H])c([2H])c([2H])c([2H])c23)c([2H])c([2H])c1-c1c([2H])c([2H])c2c(c1[2H])c([2H])c([2H])c1c([2H])c3c([2H])c([2H])c([2H])c([2H])c3c([2H])c12. The third kappa shape index (κ3) is 3.56. The van der Waals surface area contributed by atoms with Gasteiger partial charge in [-0.25, -0.2) is 0 Å². The van der Waals surface area contributed by atoms with E-state index in [4.69, 9.17) is 23.3 Å². The Balaban J connectivity index is 1.48. The van der Waals surface area contributed by atoms with Crippen LogP contribution in [0.3, 0.4) is 0 Å². The number of benzene rings is 9. The molecule has 9 rings (SSSR count). The van der Waals surface area contributed by atoms with Gasteiger partial charge in [0.1, 0.15) is 0 Å². The highest BCUT2D eigenvalue weighted by molar-refractivity contribution is 6.20. The van der Waals surface area contributed by atoms with E-state index in [9.17, 15) is 12.3 Å². The fraction of sp³-hybridized carbons (Fsp3) is 0. The Labute approximate surface area is 280 Å². The molecule has 194 valence electrons. The van der Waals surface area contributed by atoms with Crippen molar-refractivity contribution in [2.24, 2.45) is 0 Å². The van der Waals surface area contributed by atoms with E-state index in [0.717, 1.165) is 0 Å². The van der Waals surface area contributed by atoms with Gasteiger partial charge in [-0.05, 0) is 111 Å². The van der Waals surface area contributed by atoms with Crippen molar-refractivity contribution in [2.75, 3.05) is 0 Å². The van der Waals surface area contributed by atoms with Crippen molar-refractivity contribution in [3.63, 3.8) is 0 Å². The van der Waals surface area contributed by atoms with Crippen molar-refractivity contribution in [1.29, 1.82) is 0 Å². The van der Waals surface area contributed by atoms with Crippen LogP contribution in [0.25, 0.3) is 86.9 Å². The van der Waals surface area contributed by atoms with E-state index in [2.05, 4.69) is 0 Å². The summed E-state index contributed by atoms with van der Waals surface area (Å²) >= 11 is 0. The number of fused-ring (bicyclic) bond motifs is 8. The summed E-state index contributed by atoms with van der Waals surface area (Å²) in [6.07, 6.45) is 0. The number of hydrogen-bond donors (Lipinski definition) is 0. The molecule has 42 heavy (non-hydrogen) atoms. The molecule has 0 amide bonds. The largest absolute Gasteiger partial charge is 0.0636 e. The van der Waals surface area contributed by atoms with Gasteiger partial charge >= 0.3 is 0 Å². The van der Waals surface area contributed by atoms with E-state index in [0.29, 0.717) is 0 Å². The third-order valence-electron chi connectivity index (χ3n) is 6.88. The minimum Gasteiger partial charge on any atom is -0.0616 e. The molecule has 0 aliphatic rings. The first kappa shape index (κ1) is 9.28. The topological polar surface area (TPSA) is 0 Å². The molecular formula is C42H26. The lowest BCUT2D eigenvalue weighted by atomic mass is 9.89. The summed E-state index contributed by atoms with van der Waals surface area (Å²) in [4.78, 5) is 0. The normalized spacial score (nSPS) is 20.5. The third-order valence-corrected chi connectivity index (χ3v) is 6.88. The van der Waals surface area contributed by atoms with Crippen molar-refractivity contribution in [3.05, 3.63) is 157 Å². The molecular weight excluding hydrogens is 504 g/mol. The maximum absolute atomic E-state index is 9.45. The van der Waals surface area contributed by atoms with Crippen LogP contribution >= 0.6 is 0 Å². The Morgan fingerprint density at radius 1 is 0.262 bits per heavy atom. The van der Waals surface area contributed by atoms with Crippen LogP contribution in [0.15, 0.2) is 157 Å². The van der Waals surface area contributed by atoms with Gasteiger partial charge in [0.15, 0.2) is 0 Å². The van der Waals surface area contributed by atoms with E-state index >= 15 is 0 Å². The number of rotatable bonds is 2. The molecule has 0 aliphatic carbocycles. The molecule has 0 spiro atoms. The van der Waals surface area contributed by atoms with Crippen LogP contribution in [-0.4, -0.2) is 0 Å². The Morgan fingerprint density at radius 3 is 1.57 bits per heavy atom. The standard InChI is InChI=1S/C42H26/c1-2-9-31-25-40-35(23-30(31)8-1)18-17-34-24-32(20-21-37(34)40)27-13-15-29(16-14-27)42-38-12-6-4-10-33(38)26-41-36-11-5-3-7-28(36)19-22-39(41)42/h1-26H/i1D,2D,3D,4D,5D,6D,7D,8D,9D,10D,11D,12D,13D,14D,15D,16D,17D,18D,19D,20D,21D,22D,23D,24D,25D,26D. The summed E-state index contributed by atoms with van der Waals surface area (Å²) in [5.41, 5.74) is -3.04. The summed E-state index contributed by atoms with van der Waals surface area (Å²) in [5.74, 6) is 0. The zero-order valence-corrected chi connectivity index (χ0v) is 21.0. The monoisotopic (exact) mass is 556 g/mol. The minimum absolute atomic E-state index is 0.451. The zero-order chi connectivity index (χ0) is 50.2. The minimum atomic E-state index is -1.05. The summed E-state index contributed by atoms with van der Waals surface area (Å²) in [6.45, 7) is 0. The molecule has 9 aromatic rings. The molecule has 0 aliphatic heterocycles. The Kier molecular flexibility index (Phi) is 1.99. The molecule has 0 atom stereocenters. The van der Waals surface area contributed by atoms with Crippen LogP contribution in [0.4, 0.5) is 0 Å². The van der Waals surface area contributed by atoms with Gasteiger partial charge in [0.25, 0.3) is 0 Å². The maximum Gasteiger partial charge on any atom is 0.0636 e. The average Bonchev–Trinajstić information content (AvgIpc) is 3.30. The fourth-order valence-electron chi connectivity index (χ4n) is 4.97. The lowest BCUT2D eigenvalue weighted by Gasteiger charge is -2.15. The van der Waals surface area contributed by atoms with E-state index in [1.807, 2.05) is 0 Å². The maximum atomic E-state index is 9.45. The second-order valence-electron chi connectivity index (χ2n) is 9.25. The van der Waals surface area contributed by atoms with Crippen molar-refractivity contribution < 1.29 is 35.6 Å². The van der Waals surface area contributed by atoms with Gasteiger partial charge in [0.2, 0.25) is 0 Å². The van der Waals surface area contributed by atoms with Crippen molar-refractivity contribution >= 4 is 64.6 Å². The molecule has 0 N–H and O–H groups in total. The molecule has 0 unspecified atom stereocenters. The van der Waals surface area contributed by atoms with Gasteiger partial charge in [-0.15, -0.1) is 0 Å². The van der Waals surface area contributed by atoms with Crippen LogP contribution in [0.1, 0.15) is 35.6 Å². The molecule has 0 bridgehead atoms. The highest BCUT2D eigenvalue weighted by Gasteiger charge is 2.13. The summed E-state index contributed by atoms with van der Waals surface area (Å²) in [7, 11) is 0. The van der Waals surface area contributed by atoms with Gasteiger partial charge in [-0.3, -0.25) is 0 Å². The van der Waals surface area contributed by atoms with Crippen LogP contribution in [0.2, 0.25) is 0 Å². The predicted molar refractivity (Wildman–Crippen MR) is 182 cm³/mol. The van der Waals surface area contributed by atoms with Gasteiger partial charge < -0.3 is 0 Å². The average molecular weight is 557 g/mol. The summed E-state index contributed by atoms with van der Waals surface area (Å²) in [6, 6.07) is -22.1. The lowest BCUT2D eigenvalue weighted by molar-refractivity contribution is 1.64. The zero-order valence-electron chi connectivity index (χ0n) is 47.0. The smallest absolute Gasteiger partial charge is 0.0616 e. The van der Waals surface area contributed by atoms with Crippen LogP contribution < -0.4 is 0 Å². The van der Waals surface area contributed by atoms with E-state index in [1.165, 1.54) is 0 Å². The summed E-state index contributed by atoms with van der Waals surface area (Å²) < 4.78 is 232. The Bertz CT molecular complexity index is 3940. The first-order valence-electron chi connectivity index (χ1n) is 25.5. The van der Waals surface area contributed by atoms with E-state index in [-0.39, 0.29) is 0 Å². The molecule has 0 heteroatoms. The van der Waals surface area contributed by atoms with Gasteiger partial charge in [0.05, 0.1) is 35.6 Å². The van der Waals surface area contributed by atoms with Crippen molar-refractivity contribution in [3.8, 4) is 22.3 Å². The fourth-order valence-corrected chi connectivity index (χ4v) is 4.97. The second-order valence-corrected chi connectivity index (χ2v) is 9.25. The van der Waals surface area contributed by atoms with E-state index < -0.39 is 244 Å². The quantitative estimate of drug-likeness (QED) is 0.147. The molecule has 0 radical (unpaired) electrons. The van der Waals surface area contributed by atoms with Crippen molar-refractivity contribution in [2.45, 2.75) is 0 Å². The molecule has 0 saturated heterocycles. The van der Waals surface area contributed by atoms with Gasteiger partial charge in [-0.1, -0.05) is 133 Å². The van der Waals surface area contributed by atoms with Gasteiger partial charge in [-0.2, -0.15) is 0 Å². The molecule has 0 aromatic heterocycles.